The maximum atomic E-state index is 4.27. The second-order valence-corrected chi connectivity index (χ2v) is 5.93. The molecule has 1 heterocycles. The summed E-state index contributed by atoms with van der Waals surface area (Å²) in [5.41, 5.74) is 0.336. The van der Waals surface area contributed by atoms with Gasteiger partial charge in [-0.05, 0) is 39.4 Å². The van der Waals surface area contributed by atoms with Crippen LogP contribution in [0.3, 0.4) is 0 Å². The molecule has 0 aliphatic carbocycles. The molecule has 0 aliphatic heterocycles. The van der Waals surface area contributed by atoms with Gasteiger partial charge in [0.2, 0.25) is 0 Å². The minimum atomic E-state index is 0.336. The van der Waals surface area contributed by atoms with E-state index in [1.165, 1.54) is 0 Å². The number of nitrogens with one attached hydrogen (secondary N) is 1. The van der Waals surface area contributed by atoms with E-state index in [9.17, 15) is 0 Å². The number of pyridine rings is 1. The lowest BCUT2D eigenvalue weighted by Gasteiger charge is -2.27. The van der Waals surface area contributed by atoms with E-state index in [4.69, 9.17) is 0 Å². The van der Waals surface area contributed by atoms with Crippen LogP contribution in [-0.4, -0.2) is 11.5 Å². The molecule has 0 amide bonds. The molecule has 1 aromatic heterocycles. The van der Waals surface area contributed by atoms with Crippen molar-refractivity contribution in [3.63, 3.8) is 0 Å². The molecule has 0 bridgehead atoms. The third kappa shape index (κ3) is 4.20. The van der Waals surface area contributed by atoms with E-state index in [0.29, 0.717) is 11.3 Å². The first-order valence-corrected chi connectivity index (χ1v) is 6.04. The van der Waals surface area contributed by atoms with Gasteiger partial charge in [-0.3, -0.25) is 0 Å². The summed E-state index contributed by atoms with van der Waals surface area (Å²) in [5.74, 6) is 1.55. The Labute approximate surface area is 101 Å². The van der Waals surface area contributed by atoms with E-state index in [0.717, 1.165) is 16.8 Å². The van der Waals surface area contributed by atoms with Crippen molar-refractivity contribution < 1.29 is 0 Å². The Morgan fingerprint density at radius 1 is 1.40 bits per heavy atom. The summed E-state index contributed by atoms with van der Waals surface area (Å²) < 4.78 is 1.01. The zero-order valence-corrected chi connectivity index (χ0v) is 11.4. The van der Waals surface area contributed by atoms with Gasteiger partial charge in [-0.2, -0.15) is 0 Å². The second kappa shape index (κ2) is 4.97. The fourth-order valence-electron chi connectivity index (χ4n) is 1.04. The first-order chi connectivity index (χ1) is 6.89. The zero-order chi connectivity index (χ0) is 11.5. The molecule has 84 valence electrons. The molecule has 15 heavy (non-hydrogen) atoms. The van der Waals surface area contributed by atoms with Crippen LogP contribution in [0.4, 0.5) is 5.82 Å². The van der Waals surface area contributed by atoms with E-state index in [-0.39, 0.29) is 0 Å². The number of hydrogen-bond acceptors (Lipinski definition) is 2. The van der Waals surface area contributed by atoms with Crippen molar-refractivity contribution >= 4 is 21.7 Å². The first kappa shape index (κ1) is 12.5. The van der Waals surface area contributed by atoms with Crippen molar-refractivity contribution in [2.45, 2.75) is 27.7 Å². The van der Waals surface area contributed by atoms with Crippen molar-refractivity contribution in [1.29, 1.82) is 0 Å². The van der Waals surface area contributed by atoms with Gasteiger partial charge in [0.15, 0.2) is 0 Å². The molecule has 0 spiro atoms. The molecule has 1 rings (SSSR count). The molecule has 0 radical (unpaired) electrons. The predicted octanol–water partition coefficient (Wildman–Crippen LogP) is 3.94. The molecular formula is C12H19BrN2. The molecule has 0 saturated heterocycles. The molecule has 0 aromatic carbocycles. The Bertz CT molecular complexity index is 300. The summed E-state index contributed by atoms with van der Waals surface area (Å²) in [6.45, 7) is 9.99. The predicted molar refractivity (Wildman–Crippen MR) is 69.0 cm³/mol. The van der Waals surface area contributed by atoms with E-state index in [2.05, 4.69) is 53.9 Å². The lowest BCUT2D eigenvalue weighted by atomic mass is 9.82. The molecule has 0 fully saturated rings. The maximum Gasteiger partial charge on any atom is 0.125 e. The van der Waals surface area contributed by atoms with Crippen LogP contribution in [0.25, 0.3) is 0 Å². The molecule has 1 aromatic rings. The molecule has 1 unspecified atom stereocenters. The minimum absolute atomic E-state index is 0.336. The lowest BCUT2D eigenvalue weighted by molar-refractivity contribution is 0.274. The molecule has 2 nitrogen and oxygen atoms in total. The summed E-state index contributed by atoms with van der Waals surface area (Å²) in [6.07, 6.45) is 1.81. The Kier molecular flexibility index (Phi) is 4.14. The number of halogens is 1. The standard InChI is InChI=1S/C12H19BrN2/c1-9(12(2,3)4)7-14-11-6-5-10(13)8-15-11/h5-6,8-9H,7H2,1-4H3,(H,14,15). The summed E-state index contributed by atoms with van der Waals surface area (Å²) >= 11 is 3.37. The van der Waals surface area contributed by atoms with Crippen LogP contribution in [0.1, 0.15) is 27.7 Å². The van der Waals surface area contributed by atoms with Crippen LogP contribution < -0.4 is 5.32 Å². The SMILES string of the molecule is CC(CNc1ccc(Br)cn1)C(C)(C)C. The van der Waals surface area contributed by atoms with Crippen molar-refractivity contribution in [3.8, 4) is 0 Å². The van der Waals surface area contributed by atoms with E-state index in [1.54, 1.807) is 0 Å². The Morgan fingerprint density at radius 2 is 2.07 bits per heavy atom. The topological polar surface area (TPSA) is 24.9 Å². The van der Waals surface area contributed by atoms with Crippen LogP contribution in [0.2, 0.25) is 0 Å². The summed E-state index contributed by atoms with van der Waals surface area (Å²) in [5, 5.41) is 3.35. The summed E-state index contributed by atoms with van der Waals surface area (Å²) in [7, 11) is 0. The number of rotatable bonds is 3. The smallest absolute Gasteiger partial charge is 0.125 e. The van der Waals surface area contributed by atoms with Crippen molar-refractivity contribution in [2.24, 2.45) is 11.3 Å². The van der Waals surface area contributed by atoms with Crippen LogP contribution in [0, 0.1) is 11.3 Å². The van der Waals surface area contributed by atoms with Crippen LogP contribution in [-0.2, 0) is 0 Å². The molecule has 1 N–H and O–H groups in total. The molecule has 0 saturated carbocycles. The normalized spacial score (nSPS) is 13.7. The van der Waals surface area contributed by atoms with Gasteiger partial charge in [-0.25, -0.2) is 4.98 Å². The highest BCUT2D eigenvalue weighted by Crippen LogP contribution is 2.25. The Hall–Kier alpha value is -0.570. The van der Waals surface area contributed by atoms with Crippen LogP contribution >= 0.6 is 15.9 Å². The largest absolute Gasteiger partial charge is 0.370 e. The number of nitrogens with zero attached hydrogens (tertiary/aromatic N) is 1. The second-order valence-electron chi connectivity index (χ2n) is 5.01. The first-order valence-electron chi connectivity index (χ1n) is 5.25. The number of aromatic nitrogens is 1. The fourth-order valence-corrected chi connectivity index (χ4v) is 1.28. The third-order valence-electron chi connectivity index (χ3n) is 2.80. The maximum absolute atomic E-state index is 4.27. The van der Waals surface area contributed by atoms with E-state index >= 15 is 0 Å². The summed E-state index contributed by atoms with van der Waals surface area (Å²) in [4.78, 5) is 4.27. The van der Waals surface area contributed by atoms with E-state index in [1.807, 2.05) is 18.3 Å². The average molecular weight is 271 g/mol. The molecule has 3 heteroatoms. The van der Waals surface area contributed by atoms with Gasteiger partial charge in [0.1, 0.15) is 5.82 Å². The van der Waals surface area contributed by atoms with Crippen molar-refractivity contribution in [3.05, 3.63) is 22.8 Å². The monoisotopic (exact) mass is 270 g/mol. The van der Waals surface area contributed by atoms with Gasteiger partial charge in [-0.1, -0.05) is 27.7 Å². The number of anilines is 1. The Morgan fingerprint density at radius 3 is 2.53 bits per heavy atom. The summed E-state index contributed by atoms with van der Waals surface area (Å²) in [6, 6.07) is 3.98. The minimum Gasteiger partial charge on any atom is -0.370 e. The van der Waals surface area contributed by atoms with Gasteiger partial charge in [0.25, 0.3) is 0 Å². The highest BCUT2D eigenvalue weighted by Gasteiger charge is 2.19. The van der Waals surface area contributed by atoms with E-state index < -0.39 is 0 Å². The van der Waals surface area contributed by atoms with Crippen LogP contribution in [0.5, 0.6) is 0 Å². The highest BCUT2D eigenvalue weighted by molar-refractivity contribution is 9.10. The zero-order valence-electron chi connectivity index (χ0n) is 9.84. The van der Waals surface area contributed by atoms with Gasteiger partial charge in [-0.15, -0.1) is 0 Å². The van der Waals surface area contributed by atoms with Gasteiger partial charge < -0.3 is 5.32 Å². The molecule has 1 atom stereocenters. The van der Waals surface area contributed by atoms with Crippen LogP contribution in [0.15, 0.2) is 22.8 Å². The van der Waals surface area contributed by atoms with Gasteiger partial charge in [0.05, 0.1) is 0 Å². The molecular weight excluding hydrogens is 252 g/mol. The third-order valence-corrected chi connectivity index (χ3v) is 3.26. The fraction of sp³-hybridized carbons (Fsp3) is 0.583. The van der Waals surface area contributed by atoms with Gasteiger partial charge >= 0.3 is 0 Å². The lowest BCUT2D eigenvalue weighted by Crippen LogP contribution is -2.25. The quantitative estimate of drug-likeness (QED) is 0.900. The van der Waals surface area contributed by atoms with Crippen molar-refractivity contribution in [2.75, 3.05) is 11.9 Å². The Balaban J connectivity index is 2.47. The highest BCUT2D eigenvalue weighted by atomic mass is 79.9. The van der Waals surface area contributed by atoms with Gasteiger partial charge in [0, 0.05) is 17.2 Å². The average Bonchev–Trinajstić information content (AvgIpc) is 2.15. The number of hydrogen-bond donors (Lipinski definition) is 1. The molecule has 0 aliphatic rings. The van der Waals surface area contributed by atoms with Crippen molar-refractivity contribution in [1.82, 2.24) is 4.98 Å².